The van der Waals surface area contributed by atoms with Crippen LogP contribution in [0.3, 0.4) is 0 Å². The fourth-order valence-corrected chi connectivity index (χ4v) is 4.14. The van der Waals surface area contributed by atoms with E-state index in [0.717, 1.165) is 11.8 Å². The molecule has 1 N–H and O–H groups in total. The second-order valence-electron chi connectivity index (χ2n) is 6.04. The summed E-state index contributed by atoms with van der Waals surface area (Å²) < 4.78 is 25.3. The number of hydrogen-bond donors (Lipinski definition) is 1. The van der Waals surface area contributed by atoms with Gasteiger partial charge < -0.3 is 14.6 Å². The van der Waals surface area contributed by atoms with Crippen molar-refractivity contribution < 1.29 is 28.6 Å². The third kappa shape index (κ3) is 4.67. The van der Waals surface area contributed by atoms with Gasteiger partial charge in [-0.3, -0.25) is 0 Å². The minimum Gasteiger partial charge on any atom is -0.461 e. The number of thioether (sulfide) groups is 1. The Morgan fingerprint density at radius 3 is 2.04 bits per heavy atom. The van der Waals surface area contributed by atoms with Crippen LogP contribution in [-0.4, -0.2) is 53.0 Å². The summed E-state index contributed by atoms with van der Waals surface area (Å²) in [6.07, 6.45) is -2.66. The van der Waals surface area contributed by atoms with Crippen LogP contribution in [0.2, 0.25) is 0 Å². The summed E-state index contributed by atoms with van der Waals surface area (Å²) in [5.41, 5.74) is 0.691. The Bertz CT molecular complexity index is 770. The Morgan fingerprint density at radius 2 is 1.48 bits per heavy atom. The van der Waals surface area contributed by atoms with Gasteiger partial charge in [-0.05, 0) is 24.3 Å². The molecule has 1 saturated heterocycles. The van der Waals surface area contributed by atoms with Crippen molar-refractivity contribution in [2.24, 2.45) is 0 Å². The largest absolute Gasteiger partial charge is 0.461 e. The molecule has 3 rings (SSSR count). The summed E-state index contributed by atoms with van der Waals surface area (Å²) in [4.78, 5) is 24.4. The van der Waals surface area contributed by atoms with Gasteiger partial charge in [-0.15, -0.1) is 11.8 Å². The average molecular weight is 390 g/mol. The highest BCUT2D eigenvalue weighted by Crippen LogP contribution is 2.38. The molecule has 0 amide bonds. The number of benzene rings is 2. The minimum absolute atomic E-state index is 0.123. The van der Waals surface area contributed by atoms with Crippen LogP contribution in [-0.2, 0) is 9.47 Å². The molecule has 2 aromatic carbocycles. The van der Waals surface area contributed by atoms with E-state index in [0.29, 0.717) is 11.1 Å². The van der Waals surface area contributed by atoms with Gasteiger partial charge in [-0.2, -0.15) is 0 Å². The molecule has 4 atom stereocenters. The lowest BCUT2D eigenvalue weighted by Gasteiger charge is -2.20. The molecule has 0 radical (unpaired) electrons. The summed E-state index contributed by atoms with van der Waals surface area (Å²) in [5.74, 6) is -1.19. The van der Waals surface area contributed by atoms with Crippen molar-refractivity contribution in [2.75, 3.05) is 13.2 Å². The topological polar surface area (TPSA) is 72.8 Å². The first kappa shape index (κ1) is 19.4. The number of aliphatic hydroxyl groups excluding tert-OH is 1. The van der Waals surface area contributed by atoms with E-state index in [1.165, 1.54) is 0 Å². The predicted octanol–water partition coefficient (Wildman–Crippen LogP) is 2.88. The van der Waals surface area contributed by atoms with Gasteiger partial charge in [0.2, 0.25) is 0 Å². The van der Waals surface area contributed by atoms with Crippen molar-refractivity contribution in [3.63, 3.8) is 0 Å². The normalized spacial score (nSPS) is 24.4. The lowest BCUT2D eigenvalue weighted by molar-refractivity contribution is -0.000485. The van der Waals surface area contributed by atoms with Gasteiger partial charge in [0.15, 0.2) is 6.17 Å². The molecule has 0 aliphatic carbocycles. The Labute approximate surface area is 160 Å². The van der Waals surface area contributed by atoms with Gasteiger partial charge in [0.1, 0.15) is 12.7 Å². The Kier molecular flexibility index (Phi) is 6.47. The first-order valence-corrected chi connectivity index (χ1v) is 9.43. The molecule has 1 aliphatic heterocycles. The van der Waals surface area contributed by atoms with E-state index in [2.05, 4.69) is 0 Å². The van der Waals surface area contributed by atoms with Crippen molar-refractivity contribution in [1.82, 2.24) is 0 Å². The Hall–Kier alpha value is -2.38. The highest BCUT2D eigenvalue weighted by molar-refractivity contribution is 8.01. The number of esters is 2. The molecule has 1 fully saturated rings. The molecule has 1 unspecified atom stereocenters. The van der Waals surface area contributed by atoms with Crippen molar-refractivity contribution in [3.05, 3.63) is 71.8 Å². The van der Waals surface area contributed by atoms with Crippen LogP contribution in [0.5, 0.6) is 0 Å². The molecule has 1 heterocycles. The fraction of sp³-hybridized carbons (Fsp3) is 0.300. The van der Waals surface area contributed by atoms with E-state index in [4.69, 9.17) is 9.47 Å². The van der Waals surface area contributed by atoms with Crippen LogP contribution < -0.4 is 0 Å². The summed E-state index contributed by atoms with van der Waals surface area (Å²) in [6.45, 7) is -0.517. The first-order chi connectivity index (χ1) is 13.1. The summed E-state index contributed by atoms with van der Waals surface area (Å²) in [7, 11) is 0. The molecule has 142 valence electrons. The monoisotopic (exact) mass is 390 g/mol. The number of aliphatic hydroxyl groups is 1. The van der Waals surface area contributed by atoms with E-state index >= 15 is 0 Å². The van der Waals surface area contributed by atoms with Gasteiger partial charge in [-0.25, -0.2) is 14.0 Å². The van der Waals surface area contributed by atoms with E-state index in [1.807, 2.05) is 0 Å². The molecule has 27 heavy (non-hydrogen) atoms. The molecule has 1 aliphatic rings. The van der Waals surface area contributed by atoms with E-state index in [1.54, 1.807) is 60.7 Å². The van der Waals surface area contributed by atoms with Crippen LogP contribution in [0.4, 0.5) is 4.39 Å². The number of carbonyl (C=O) groups excluding carboxylic acids is 2. The van der Waals surface area contributed by atoms with Crippen LogP contribution in [0.1, 0.15) is 20.7 Å². The van der Waals surface area contributed by atoms with Crippen molar-refractivity contribution in [1.29, 1.82) is 0 Å². The number of carbonyl (C=O) groups is 2. The molecule has 2 aromatic rings. The third-order valence-corrected chi connectivity index (χ3v) is 5.72. The van der Waals surface area contributed by atoms with Crippen LogP contribution in [0, 0.1) is 0 Å². The number of hydrogen-bond acceptors (Lipinski definition) is 6. The smallest absolute Gasteiger partial charge is 0.338 e. The van der Waals surface area contributed by atoms with Gasteiger partial charge in [0.05, 0.1) is 28.2 Å². The molecule has 7 heteroatoms. The van der Waals surface area contributed by atoms with E-state index in [-0.39, 0.29) is 6.61 Å². The van der Waals surface area contributed by atoms with Gasteiger partial charge in [0.25, 0.3) is 0 Å². The zero-order valence-electron chi connectivity index (χ0n) is 14.4. The maximum Gasteiger partial charge on any atom is 0.338 e. The number of ether oxygens (including phenoxy) is 2. The molecule has 5 nitrogen and oxygen atoms in total. The highest BCUT2D eigenvalue weighted by atomic mass is 32.2. The molecular formula is C20H19FO5S. The van der Waals surface area contributed by atoms with Gasteiger partial charge in [-0.1, -0.05) is 36.4 Å². The van der Waals surface area contributed by atoms with Crippen molar-refractivity contribution >= 4 is 23.7 Å². The third-order valence-electron chi connectivity index (χ3n) is 4.21. The predicted molar refractivity (Wildman–Crippen MR) is 99.5 cm³/mol. The summed E-state index contributed by atoms with van der Waals surface area (Å²) in [6, 6.07) is 16.7. The van der Waals surface area contributed by atoms with Gasteiger partial charge in [0, 0.05) is 0 Å². The molecule has 0 saturated carbocycles. The maximum atomic E-state index is 14.6. The number of halogens is 1. The average Bonchev–Trinajstić information content (AvgIpc) is 3.02. The quantitative estimate of drug-likeness (QED) is 0.765. The number of alkyl halides is 1. The van der Waals surface area contributed by atoms with E-state index in [9.17, 15) is 19.1 Å². The van der Waals surface area contributed by atoms with Crippen LogP contribution >= 0.6 is 11.8 Å². The zero-order chi connectivity index (χ0) is 19.2. The van der Waals surface area contributed by atoms with Crippen LogP contribution in [0.15, 0.2) is 60.7 Å². The lowest BCUT2D eigenvalue weighted by Crippen LogP contribution is -2.37. The highest BCUT2D eigenvalue weighted by Gasteiger charge is 2.47. The zero-order valence-corrected chi connectivity index (χ0v) is 15.2. The SMILES string of the molecule is O=C(OC[C@H]1SC(CO)[C@@H](F)[C@@H]1OC(=O)c1ccccc1)c1ccccc1. The minimum atomic E-state index is -1.55. The summed E-state index contributed by atoms with van der Waals surface area (Å²) in [5, 5.41) is 8.03. The molecule has 0 bridgehead atoms. The second-order valence-corrected chi connectivity index (χ2v) is 7.52. The van der Waals surface area contributed by atoms with Crippen molar-refractivity contribution in [3.8, 4) is 0 Å². The first-order valence-electron chi connectivity index (χ1n) is 8.48. The van der Waals surface area contributed by atoms with Crippen LogP contribution in [0.25, 0.3) is 0 Å². The van der Waals surface area contributed by atoms with Gasteiger partial charge >= 0.3 is 11.9 Å². The Morgan fingerprint density at radius 1 is 0.926 bits per heavy atom. The van der Waals surface area contributed by atoms with Crippen molar-refractivity contribution in [2.45, 2.75) is 22.8 Å². The lowest BCUT2D eigenvalue weighted by atomic mass is 10.1. The molecule has 0 spiro atoms. The summed E-state index contributed by atoms with van der Waals surface area (Å²) >= 11 is 1.12. The van der Waals surface area contributed by atoms with E-state index < -0.39 is 41.3 Å². The number of rotatable bonds is 6. The Balaban J connectivity index is 1.66. The maximum absolute atomic E-state index is 14.6. The second kappa shape index (κ2) is 9.01. The fourth-order valence-electron chi connectivity index (χ4n) is 2.79. The molecule has 0 aromatic heterocycles. The standard InChI is InChI=1S/C20H19FO5S/c21-17-15(11-22)27-16(12-25-19(23)13-7-3-1-4-8-13)18(17)26-20(24)14-9-5-2-6-10-14/h1-10,15-18,22H,11-12H2/t15?,16-,17-,18-/m1/s1. The molecular weight excluding hydrogens is 371 g/mol.